The summed E-state index contributed by atoms with van der Waals surface area (Å²) in [5.74, 6) is 0.586. The Labute approximate surface area is 136 Å². The predicted molar refractivity (Wildman–Crippen MR) is 91.4 cm³/mol. The molecule has 3 aliphatic heterocycles. The molecular formula is C19H23N3O. The summed E-state index contributed by atoms with van der Waals surface area (Å²) in [6.45, 7) is 6.81. The quantitative estimate of drug-likeness (QED) is 0.928. The van der Waals surface area contributed by atoms with Crippen LogP contribution in [-0.4, -0.2) is 40.5 Å². The zero-order valence-corrected chi connectivity index (χ0v) is 13.7. The number of fused-ring (bicyclic) bond motifs is 4. The van der Waals surface area contributed by atoms with Gasteiger partial charge in [0, 0.05) is 23.2 Å². The van der Waals surface area contributed by atoms with Gasteiger partial charge in [0.1, 0.15) is 0 Å². The van der Waals surface area contributed by atoms with Crippen molar-refractivity contribution in [3.05, 3.63) is 42.1 Å². The maximum atomic E-state index is 12.8. The van der Waals surface area contributed by atoms with Crippen LogP contribution < -0.4 is 5.32 Å². The van der Waals surface area contributed by atoms with E-state index in [9.17, 15) is 4.79 Å². The summed E-state index contributed by atoms with van der Waals surface area (Å²) in [7, 11) is 0. The molecular weight excluding hydrogens is 286 g/mol. The number of carbonyl (C=O) groups is 1. The van der Waals surface area contributed by atoms with Crippen molar-refractivity contribution in [1.29, 1.82) is 0 Å². The van der Waals surface area contributed by atoms with Crippen LogP contribution in [0.4, 0.5) is 0 Å². The number of para-hydroxylation sites is 1. The zero-order chi connectivity index (χ0) is 16.0. The summed E-state index contributed by atoms with van der Waals surface area (Å²) in [5.41, 5.74) is 1.60. The number of nitrogens with zero attached hydrogens (tertiary/aromatic N) is 2. The first-order valence-electron chi connectivity index (χ1n) is 8.46. The van der Waals surface area contributed by atoms with E-state index in [4.69, 9.17) is 0 Å². The number of benzene rings is 1. The molecule has 5 rings (SSSR count). The third-order valence-corrected chi connectivity index (χ3v) is 5.73. The smallest absolute Gasteiger partial charge is 0.253 e. The van der Waals surface area contributed by atoms with Crippen LogP contribution in [0.1, 0.15) is 37.0 Å². The van der Waals surface area contributed by atoms with Gasteiger partial charge in [-0.2, -0.15) is 0 Å². The summed E-state index contributed by atoms with van der Waals surface area (Å²) in [6.07, 6.45) is 4.06. The van der Waals surface area contributed by atoms with Crippen LogP contribution >= 0.6 is 0 Å². The standard InChI is InChI=1S/C19H23N3O/c1-19(2)17(13-7-9-22(19)10-8-13)21-18(23)15-11-14-5-3-4-6-16(14)20-12-15/h3-6,11-13,17H,7-10H2,1-2H3,(H,21,23). The number of rotatable bonds is 2. The van der Waals surface area contributed by atoms with Gasteiger partial charge in [0.05, 0.1) is 11.1 Å². The lowest BCUT2D eigenvalue weighted by molar-refractivity contribution is -0.0378. The van der Waals surface area contributed by atoms with Crippen LogP contribution in [0.25, 0.3) is 10.9 Å². The molecule has 1 aromatic carbocycles. The Bertz CT molecular complexity index is 747. The summed E-state index contributed by atoms with van der Waals surface area (Å²) < 4.78 is 0. The van der Waals surface area contributed by atoms with Gasteiger partial charge < -0.3 is 5.32 Å². The second kappa shape index (κ2) is 5.31. The van der Waals surface area contributed by atoms with E-state index in [0.717, 1.165) is 24.0 Å². The van der Waals surface area contributed by atoms with Crippen LogP contribution in [0.2, 0.25) is 0 Å². The molecule has 1 aromatic heterocycles. The summed E-state index contributed by atoms with van der Waals surface area (Å²) in [5, 5.41) is 4.31. The van der Waals surface area contributed by atoms with Gasteiger partial charge in [0.25, 0.3) is 5.91 Å². The Balaban J connectivity index is 1.59. The molecule has 2 bridgehead atoms. The third-order valence-electron chi connectivity index (χ3n) is 5.73. The molecule has 120 valence electrons. The first-order chi connectivity index (χ1) is 11.1. The Morgan fingerprint density at radius 1 is 1.26 bits per heavy atom. The summed E-state index contributed by atoms with van der Waals surface area (Å²) in [4.78, 5) is 19.7. The Hall–Kier alpha value is -1.94. The van der Waals surface area contributed by atoms with Crippen molar-refractivity contribution < 1.29 is 4.79 Å². The average molecular weight is 309 g/mol. The molecule has 3 fully saturated rings. The van der Waals surface area contributed by atoms with E-state index >= 15 is 0 Å². The number of piperidine rings is 3. The van der Waals surface area contributed by atoms with Crippen LogP contribution in [0.15, 0.2) is 36.5 Å². The molecule has 1 unspecified atom stereocenters. The zero-order valence-electron chi connectivity index (χ0n) is 13.7. The maximum Gasteiger partial charge on any atom is 0.253 e. The van der Waals surface area contributed by atoms with Crippen molar-refractivity contribution in [3.63, 3.8) is 0 Å². The lowest BCUT2D eigenvalue weighted by Crippen LogP contribution is -2.69. The first-order valence-corrected chi connectivity index (χ1v) is 8.46. The number of aromatic nitrogens is 1. The molecule has 4 heteroatoms. The van der Waals surface area contributed by atoms with Gasteiger partial charge in [-0.25, -0.2) is 0 Å². The van der Waals surface area contributed by atoms with E-state index in [2.05, 4.69) is 29.0 Å². The van der Waals surface area contributed by atoms with E-state index < -0.39 is 0 Å². The van der Waals surface area contributed by atoms with Gasteiger partial charge in [-0.1, -0.05) is 18.2 Å². The molecule has 0 radical (unpaired) electrons. The Morgan fingerprint density at radius 2 is 2.00 bits per heavy atom. The number of amides is 1. The van der Waals surface area contributed by atoms with E-state index in [1.165, 1.54) is 12.8 Å². The van der Waals surface area contributed by atoms with Crippen LogP contribution in [-0.2, 0) is 0 Å². The monoisotopic (exact) mass is 309 g/mol. The van der Waals surface area contributed by atoms with Gasteiger partial charge in [-0.15, -0.1) is 0 Å². The molecule has 4 heterocycles. The SMILES string of the molecule is CC1(C)C(NC(=O)c2cnc3ccccc3c2)C2CCN1CC2. The van der Waals surface area contributed by atoms with Gasteiger partial charge >= 0.3 is 0 Å². The van der Waals surface area contributed by atoms with Crippen LogP contribution in [0.3, 0.4) is 0 Å². The van der Waals surface area contributed by atoms with Gasteiger partial charge in [-0.3, -0.25) is 14.7 Å². The highest BCUT2D eigenvalue weighted by atomic mass is 16.1. The minimum Gasteiger partial charge on any atom is -0.347 e. The van der Waals surface area contributed by atoms with Crippen molar-refractivity contribution in [2.75, 3.05) is 13.1 Å². The molecule has 2 aromatic rings. The van der Waals surface area contributed by atoms with Gasteiger partial charge in [0.2, 0.25) is 0 Å². The molecule has 1 atom stereocenters. The van der Waals surface area contributed by atoms with Crippen molar-refractivity contribution in [3.8, 4) is 0 Å². The number of nitrogens with one attached hydrogen (secondary N) is 1. The Kier molecular flexibility index (Phi) is 3.38. The molecule has 3 aliphatic rings. The van der Waals surface area contributed by atoms with Crippen molar-refractivity contribution in [1.82, 2.24) is 15.2 Å². The van der Waals surface area contributed by atoms with Crippen molar-refractivity contribution >= 4 is 16.8 Å². The molecule has 1 N–H and O–H groups in total. The van der Waals surface area contributed by atoms with E-state index in [0.29, 0.717) is 11.5 Å². The van der Waals surface area contributed by atoms with Gasteiger partial charge in [0.15, 0.2) is 0 Å². The summed E-state index contributed by atoms with van der Waals surface area (Å²) >= 11 is 0. The van der Waals surface area contributed by atoms with Crippen LogP contribution in [0, 0.1) is 5.92 Å². The molecule has 3 saturated heterocycles. The second-order valence-corrected chi connectivity index (χ2v) is 7.35. The van der Waals surface area contributed by atoms with E-state index in [1.807, 2.05) is 30.3 Å². The minimum atomic E-state index is -0.00456. The fourth-order valence-corrected chi connectivity index (χ4v) is 4.30. The highest BCUT2D eigenvalue weighted by molar-refractivity contribution is 5.97. The highest BCUT2D eigenvalue weighted by Gasteiger charge is 2.48. The maximum absolute atomic E-state index is 12.8. The molecule has 0 saturated carbocycles. The van der Waals surface area contributed by atoms with Crippen LogP contribution in [0.5, 0.6) is 0 Å². The van der Waals surface area contributed by atoms with Crippen molar-refractivity contribution in [2.24, 2.45) is 5.92 Å². The number of hydrogen-bond donors (Lipinski definition) is 1. The molecule has 1 amide bonds. The molecule has 0 spiro atoms. The predicted octanol–water partition coefficient (Wildman–Crippen LogP) is 2.84. The molecule has 23 heavy (non-hydrogen) atoms. The Morgan fingerprint density at radius 3 is 2.74 bits per heavy atom. The van der Waals surface area contributed by atoms with E-state index in [-0.39, 0.29) is 17.5 Å². The highest BCUT2D eigenvalue weighted by Crippen LogP contribution is 2.39. The minimum absolute atomic E-state index is 0.00456. The summed E-state index contributed by atoms with van der Waals surface area (Å²) in [6, 6.07) is 10.0. The fourth-order valence-electron chi connectivity index (χ4n) is 4.30. The number of hydrogen-bond acceptors (Lipinski definition) is 3. The largest absolute Gasteiger partial charge is 0.347 e. The first kappa shape index (κ1) is 14.6. The number of carbonyl (C=O) groups excluding carboxylic acids is 1. The molecule has 0 aliphatic carbocycles. The number of pyridine rings is 1. The normalized spacial score (nSPS) is 28.7. The average Bonchev–Trinajstić information content (AvgIpc) is 2.58. The van der Waals surface area contributed by atoms with Gasteiger partial charge in [-0.05, 0) is 57.8 Å². The van der Waals surface area contributed by atoms with E-state index in [1.54, 1.807) is 6.20 Å². The fraction of sp³-hybridized carbons (Fsp3) is 0.474. The lowest BCUT2D eigenvalue weighted by atomic mass is 9.72. The third kappa shape index (κ3) is 2.41. The van der Waals surface area contributed by atoms with Crippen molar-refractivity contribution in [2.45, 2.75) is 38.3 Å². The topological polar surface area (TPSA) is 45.2 Å². The lowest BCUT2D eigenvalue weighted by Gasteiger charge is -2.56. The molecule has 4 nitrogen and oxygen atoms in total. The second-order valence-electron chi connectivity index (χ2n) is 7.35.